The maximum absolute atomic E-state index is 10.8. The second kappa shape index (κ2) is 6.58. The molecule has 1 fully saturated rings. The van der Waals surface area contributed by atoms with Crippen molar-refractivity contribution in [2.24, 2.45) is 0 Å². The van der Waals surface area contributed by atoms with Crippen LogP contribution in [0.25, 0.3) is 11.1 Å². The van der Waals surface area contributed by atoms with Crippen LogP contribution >= 0.6 is 0 Å². The van der Waals surface area contributed by atoms with Crippen molar-refractivity contribution in [3.8, 4) is 16.9 Å². The summed E-state index contributed by atoms with van der Waals surface area (Å²) in [6, 6.07) is 14.4. The summed E-state index contributed by atoms with van der Waals surface area (Å²) in [6.45, 7) is 1.99. The lowest BCUT2D eigenvalue weighted by Gasteiger charge is -2.23. The van der Waals surface area contributed by atoms with Crippen molar-refractivity contribution in [2.45, 2.75) is 18.9 Å². The molecule has 114 valence electrons. The summed E-state index contributed by atoms with van der Waals surface area (Å²) in [5, 5.41) is 14.2. The van der Waals surface area contributed by atoms with E-state index in [1.807, 2.05) is 30.3 Å². The van der Waals surface area contributed by atoms with E-state index in [9.17, 15) is 10.1 Å². The molecule has 3 rings (SSSR count). The highest BCUT2D eigenvalue weighted by molar-refractivity contribution is 5.66. The Morgan fingerprint density at radius 1 is 1.05 bits per heavy atom. The van der Waals surface area contributed by atoms with E-state index in [0.717, 1.165) is 42.8 Å². The normalized spacial score (nSPS) is 15.5. The average molecular weight is 298 g/mol. The first kappa shape index (κ1) is 14.5. The van der Waals surface area contributed by atoms with Crippen molar-refractivity contribution >= 4 is 5.69 Å². The molecule has 1 N–H and O–H groups in total. The Kier molecular flexibility index (Phi) is 4.34. The molecule has 5 heteroatoms. The number of nitrogens with zero attached hydrogens (tertiary/aromatic N) is 1. The molecule has 0 unspecified atom stereocenters. The third-order valence-corrected chi connectivity index (χ3v) is 3.83. The van der Waals surface area contributed by atoms with Gasteiger partial charge in [-0.3, -0.25) is 10.1 Å². The number of benzene rings is 2. The first-order chi connectivity index (χ1) is 10.7. The van der Waals surface area contributed by atoms with Crippen LogP contribution in [0.2, 0.25) is 0 Å². The zero-order valence-corrected chi connectivity index (χ0v) is 12.2. The Hall–Kier alpha value is -2.40. The van der Waals surface area contributed by atoms with E-state index in [0.29, 0.717) is 0 Å². The van der Waals surface area contributed by atoms with Crippen molar-refractivity contribution in [1.82, 2.24) is 5.32 Å². The van der Waals surface area contributed by atoms with Crippen LogP contribution in [-0.4, -0.2) is 24.1 Å². The Labute approximate surface area is 129 Å². The summed E-state index contributed by atoms with van der Waals surface area (Å²) in [6.07, 6.45) is 2.31. The maximum atomic E-state index is 10.8. The van der Waals surface area contributed by atoms with Crippen LogP contribution in [0.4, 0.5) is 5.69 Å². The summed E-state index contributed by atoms with van der Waals surface area (Å²) in [5.41, 5.74) is 1.89. The number of nitro groups is 1. The third-order valence-electron chi connectivity index (χ3n) is 3.83. The fourth-order valence-corrected chi connectivity index (χ4v) is 2.63. The van der Waals surface area contributed by atoms with E-state index < -0.39 is 0 Å². The molecular weight excluding hydrogens is 280 g/mol. The van der Waals surface area contributed by atoms with E-state index in [-0.39, 0.29) is 16.7 Å². The number of hydrogen-bond acceptors (Lipinski definition) is 4. The van der Waals surface area contributed by atoms with Crippen molar-refractivity contribution < 1.29 is 9.66 Å². The molecule has 0 amide bonds. The molecule has 1 aliphatic heterocycles. The molecule has 1 aliphatic rings. The first-order valence-corrected chi connectivity index (χ1v) is 7.44. The molecule has 2 aromatic rings. The second-order valence-electron chi connectivity index (χ2n) is 5.40. The number of nitro benzene ring substituents is 1. The average Bonchev–Trinajstić information content (AvgIpc) is 2.56. The smallest absolute Gasteiger partial charge is 0.270 e. The summed E-state index contributed by atoms with van der Waals surface area (Å²) in [7, 11) is 0. The lowest BCUT2D eigenvalue weighted by molar-refractivity contribution is -0.384. The number of rotatable bonds is 4. The van der Waals surface area contributed by atoms with Gasteiger partial charge in [-0.1, -0.05) is 24.3 Å². The van der Waals surface area contributed by atoms with Gasteiger partial charge in [0, 0.05) is 12.1 Å². The predicted octanol–water partition coefficient (Wildman–Crippen LogP) is 3.39. The van der Waals surface area contributed by atoms with Gasteiger partial charge < -0.3 is 10.1 Å². The quantitative estimate of drug-likeness (QED) is 0.694. The lowest BCUT2D eigenvalue weighted by atomic mass is 10.0. The molecule has 0 spiro atoms. The maximum Gasteiger partial charge on any atom is 0.270 e. The molecule has 0 radical (unpaired) electrons. The Morgan fingerprint density at radius 2 is 1.77 bits per heavy atom. The minimum atomic E-state index is -0.377. The molecule has 2 aromatic carbocycles. The summed E-state index contributed by atoms with van der Waals surface area (Å²) in [5.74, 6) is 0.848. The number of piperidine rings is 1. The largest absolute Gasteiger partial charge is 0.490 e. The van der Waals surface area contributed by atoms with E-state index in [1.54, 1.807) is 12.1 Å². The zero-order chi connectivity index (χ0) is 15.4. The number of hydrogen-bond donors (Lipinski definition) is 1. The minimum absolute atomic E-state index is 0.104. The van der Waals surface area contributed by atoms with E-state index in [4.69, 9.17) is 4.74 Å². The summed E-state index contributed by atoms with van der Waals surface area (Å²) in [4.78, 5) is 10.5. The minimum Gasteiger partial charge on any atom is -0.490 e. The zero-order valence-electron chi connectivity index (χ0n) is 12.2. The molecule has 22 heavy (non-hydrogen) atoms. The SMILES string of the molecule is O=[N+]([O-])c1cccc(-c2ccc(OC3CCNCC3)cc2)c1. The van der Waals surface area contributed by atoms with Gasteiger partial charge in [-0.2, -0.15) is 0 Å². The highest BCUT2D eigenvalue weighted by Crippen LogP contribution is 2.26. The first-order valence-electron chi connectivity index (χ1n) is 7.44. The standard InChI is InChI=1S/C17H18N2O3/c20-19(21)15-3-1-2-14(12-15)13-4-6-16(7-5-13)22-17-8-10-18-11-9-17/h1-7,12,17-18H,8-11H2. The fraction of sp³-hybridized carbons (Fsp3) is 0.294. The molecule has 5 nitrogen and oxygen atoms in total. The molecule has 0 saturated carbocycles. The number of ether oxygens (including phenoxy) is 1. The second-order valence-corrected chi connectivity index (χ2v) is 5.40. The topological polar surface area (TPSA) is 64.4 Å². The van der Waals surface area contributed by atoms with Gasteiger partial charge in [0.15, 0.2) is 0 Å². The monoisotopic (exact) mass is 298 g/mol. The van der Waals surface area contributed by atoms with Gasteiger partial charge in [0.1, 0.15) is 11.9 Å². The Morgan fingerprint density at radius 3 is 2.45 bits per heavy atom. The lowest BCUT2D eigenvalue weighted by Crippen LogP contribution is -2.34. The predicted molar refractivity (Wildman–Crippen MR) is 85.1 cm³/mol. The van der Waals surface area contributed by atoms with E-state index in [2.05, 4.69) is 5.32 Å². The van der Waals surface area contributed by atoms with Crippen molar-refractivity contribution in [3.63, 3.8) is 0 Å². The molecule has 1 heterocycles. The highest BCUT2D eigenvalue weighted by atomic mass is 16.6. The highest BCUT2D eigenvalue weighted by Gasteiger charge is 2.14. The van der Waals surface area contributed by atoms with Gasteiger partial charge in [-0.25, -0.2) is 0 Å². The number of non-ortho nitro benzene ring substituents is 1. The van der Waals surface area contributed by atoms with Gasteiger partial charge in [0.25, 0.3) is 5.69 Å². The van der Waals surface area contributed by atoms with Crippen LogP contribution < -0.4 is 10.1 Å². The Balaban J connectivity index is 1.73. The van der Waals surface area contributed by atoms with Gasteiger partial charge in [-0.15, -0.1) is 0 Å². The number of nitrogens with one attached hydrogen (secondary N) is 1. The summed E-state index contributed by atoms with van der Waals surface area (Å²) >= 11 is 0. The van der Waals surface area contributed by atoms with Gasteiger partial charge in [0.2, 0.25) is 0 Å². The van der Waals surface area contributed by atoms with Crippen LogP contribution in [0.5, 0.6) is 5.75 Å². The van der Waals surface area contributed by atoms with Crippen LogP contribution in [0.3, 0.4) is 0 Å². The molecule has 0 aromatic heterocycles. The summed E-state index contributed by atoms with van der Waals surface area (Å²) < 4.78 is 5.96. The van der Waals surface area contributed by atoms with E-state index in [1.165, 1.54) is 6.07 Å². The van der Waals surface area contributed by atoms with Crippen molar-refractivity contribution in [1.29, 1.82) is 0 Å². The van der Waals surface area contributed by atoms with Gasteiger partial charge >= 0.3 is 0 Å². The van der Waals surface area contributed by atoms with Crippen molar-refractivity contribution in [3.05, 3.63) is 58.6 Å². The fourth-order valence-electron chi connectivity index (χ4n) is 2.63. The van der Waals surface area contributed by atoms with Gasteiger partial charge in [0.05, 0.1) is 4.92 Å². The molecule has 0 aliphatic carbocycles. The molecule has 1 saturated heterocycles. The van der Waals surface area contributed by atoms with Crippen LogP contribution in [0.15, 0.2) is 48.5 Å². The van der Waals surface area contributed by atoms with Crippen LogP contribution in [0.1, 0.15) is 12.8 Å². The molecule has 0 bridgehead atoms. The van der Waals surface area contributed by atoms with Crippen LogP contribution in [0, 0.1) is 10.1 Å². The third kappa shape index (κ3) is 3.43. The van der Waals surface area contributed by atoms with Gasteiger partial charge in [-0.05, 0) is 49.2 Å². The van der Waals surface area contributed by atoms with Crippen molar-refractivity contribution in [2.75, 3.05) is 13.1 Å². The molecular formula is C17H18N2O3. The van der Waals surface area contributed by atoms with Crippen LogP contribution in [-0.2, 0) is 0 Å². The Bertz CT molecular complexity index is 649. The van der Waals surface area contributed by atoms with E-state index >= 15 is 0 Å². The molecule has 0 atom stereocenters.